The quantitative estimate of drug-likeness (QED) is 0.913. The summed E-state index contributed by atoms with van der Waals surface area (Å²) in [6.07, 6.45) is 3.81. The highest BCUT2D eigenvalue weighted by Crippen LogP contribution is 2.21. The summed E-state index contributed by atoms with van der Waals surface area (Å²) in [5.41, 5.74) is 2.39. The predicted octanol–water partition coefficient (Wildman–Crippen LogP) is 2.90. The third-order valence-electron chi connectivity index (χ3n) is 2.59. The summed E-state index contributed by atoms with van der Waals surface area (Å²) >= 11 is 0. The molecule has 0 aliphatic heterocycles. The van der Waals surface area contributed by atoms with Gasteiger partial charge in [0.1, 0.15) is 0 Å². The van der Waals surface area contributed by atoms with E-state index in [1.54, 1.807) is 12.3 Å². The number of nitrogens with one attached hydrogen (secondary N) is 1. The maximum Gasteiger partial charge on any atom is 0.232 e. The highest BCUT2D eigenvalue weighted by Gasteiger charge is 2.09. The van der Waals surface area contributed by atoms with Crippen molar-refractivity contribution in [1.29, 1.82) is 0 Å². The van der Waals surface area contributed by atoms with Crippen molar-refractivity contribution in [3.8, 4) is 11.1 Å². The number of hydrogen-bond donors (Lipinski definition) is 1. The molecule has 0 spiro atoms. The second-order valence-corrected chi connectivity index (χ2v) is 6.09. The van der Waals surface area contributed by atoms with E-state index in [4.69, 9.17) is 0 Å². The molecule has 0 radical (unpaired) electrons. The van der Waals surface area contributed by atoms with Gasteiger partial charge in [0.05, 0.1) is 17.6 Å². The first-order valence-electron chi connectivity index (χ1n) is 6.12. The van der Waals surface area contributed by atoms with Gasteiger partial charge in [0.2, 0.25) is 10.0 Å². The molecule has 0 fully saturated rings. The summed E-state index contributed by atoms with van der Waals surface area (Å²) in [5.74, 6) is 0.114. The molecular weight excluding hydrogens is 260 g/mol. The van der Waals surface area contributed by atoms with Crippen LogP contribution >= 0.6 is 0 Å². The Labute approximate surface area is 113 Å². The van der Waals surface area contributed by atoms with Crippen molar-refractivity contribution in [3.05, 3.63) is 48.8 Å². The van der Waals surface area contributed by atoms with Crippen molar-refractivity contribution < 1.29 is 8.42 Å². The van der Waals surface area contributed by atoms with Gasteiger partial charge < -0.3 is 0 Å². The van der Waals surface area contributed by atoms with Crippen LogP contribution in [0.25, 0.3) is 11.1 Å². The molecule has 0 bridgehead atoms. The van der Waals surface area contributed by atoms with Crippen LogP contribution in [0.5, 0.6) is 0 Å². The SMILES string of the molecule is CCCS(=O)(=O)Nc1cncc(-c2ccccc2)c1. The first-order valence-corrected chi connectivity index (χ1v) is 7.77. The Hall–Kier alpha value is -1.88. The van der Waals surface area contributed by atoms with Crippen molar-refractivity contribution in [3.63, 3.8) is 0 Å². The van der Waals surface area contributed by atoms with Crippen LogP contribution in [-0.4, -0.2) is 19.2 Å². The molecule has 1 heterocycles. The molecule has 5 heteroatoms. The smallest absolute Gasteiger partial charge is 0.232 e. The van der Waals surface area contributed by atoms with Crippen LogP contribution < -0.4 is 4.72 Å². The minimum Gasteiger partial charge on any atom is -0.282 e. The van der Waals surface area contributed by atoms with Crippen LogP contribution in [0.3, 0.4) is 0 Å². The van der Waals surface area contributed by atoms with E-state index in [0.717, 1.165) is 11.1 Å². The van der Waals surface area contributed by atoms with E-state index in [2.05, 4.69) is 9.71 Å². The van der Waals surface area contributed by atoms with Gasteiger partial charge in [0, 0.05) is 11.8 Å². The lowest BCUT2D eigenvalue weighted by Crippen LogP contribution is -2.16. The average Bonchev–Trinajstić information content (AvgIpc) is 2.39. The van der Waals surface area contributed by atoms with Crippen molar-refractivity contribution in [2.24, 2.45) is 0 Å². The van der Waals surface area contributed by atoms with E-state index < -0.39 is 10.0 Å². The summed E-state index contributed by atoms with van der Waals surface area (Å²) in [6, 6.07) is 11.5. The van der Waals surface area contributed by atoms with Crippen molar-refractivity contribution >= 4 is 15.7 Å². The summed E-state index contributed by atoms with van der Waals surface area (Å²) < 4.78 is 26.0. The van der Waals surface area contributed by atoms with Gasteiger partial charge >= 0.3 is 0 Å². The molecule has 100 valence electrons. The van der Waals surface area contributed by atoms with Crippen LogP contribution in [0.2, 0.25) is 0 Å². The number of nitrogens with zero attached hydrogens (tertiary/aromatic N) is 1. The Balaban J connectivity index is 2.26. The number of hydrogen-bond acceptors (Lipinski definition) is 3. The van der Waals surface area contributed by atoms with Crippen LogP contribution in [-0.2, 0) is 10.0 Å². The minimum atomic E-state index is -3.27. The van der Waals surface area contributed by atoms with Crippen molar-refractivity contribution in [1.82, 2.24) is 4.98 Å². The molecule has 4 nitrogen and oxygen atoms in total. The lowest BCUT2D eigenvalue weighted by Gasteiger charge is -2.08. The standard InChI is InChI=1S/C14H16N2O2S/c1-2-8-19(17,18)16-14-9-13(10-15-11-14)12-6-4-3-5-7-12/h3-7,9-11,16H,2,8H2,1H3. The van der Waals surface area contributed by atoms with Gasteiger partial charge in [-0.1, -0.05) is 37.3 Å². The third kappa shape index (κ3) is 3.79. The van der Waals surface area contributed by atoms with E-state index >= 15 is 0 Å². The molecular formula is C14H16N2O2S. The Kier molecular flexibility index (Phi) is 4.16. The first kappa shape index (κ1) is 13.5. The Morgan fingerprint density at radius 1 is 1.11 bits per heavy atom. The van der Waals surface area contributed by atoms with E-state index in [0.29, 0.717) is 12.1 Å². The fraction of sp³-hybridized carbons (Fsp3) is 0.214. The van der Waals surface area contributed by atoms with Gasteiger partial charge in [-0.25, -0.2) is 8.42 Å². The number of rotatable bonds is 5. The van der Waals surface area contributed by atoms with Crippen LogP contribution in [0.1, 0.15) is 13.3 Å². The topological polar surface area (TPSA) is 59.1 Å². The van der Waals surface area contributed by atoms with E-state index in [9.17, 15) is 8.42 Å². The zero-order valence-corrected chi connectivity index (χ0v) is 11.5. The fourth-order valence-electron chi connectivity index (χ4n) is 1.78. The molecule has 0 atom stereocenters. The highest BCUT2D eigenvalue weighted by atomic mass is 32.2. The Morgan fingerprint density at radius 3 is 2.53 bits per heavy atom. The predicted molar refractivity (Wildman–Crippen MR) is 77.4 cm³/mol. The number of aromatic nitrogens is 1. The van der Waals surface area contributed by atoms with Gasteiger partial charge in [-0.3, -0.25) is 9.71 Å². The molecule has 0 unspecified atom stereocenters. The third-order valence-corrected chi connectivity index (χ3v) is 4.08. The molecule has 1 N–H and O–H groups in total. The lowest BCUT2D eigenvalue weighted by atomic mass is 10.1. The molecule has 2 aromatic rings. The lowest BCUT2D eigenvalue weighted by molar-refractivity contribution is 0.600. The molecule has 1 aromatic carbocycles. The second kappa shape index (κ2) is 5.84. The maximum absolute atomic E-state index is 11.7. The molecule has 2 rings (SSSR count). The summed E-state index contributed by atoms with van der Waals surface area (Å²) in [6.45, 7) is 1.83. The zero-order valence-electron chi connectivity index (χ0n) is 10.7. The maximum atomic E-state index is 11.7. The fourth-order valence-corrected chi connectivity index (χ4v) is 2.89. The van der Waals surface area contributed by atoms with E-state index in [-0.39, 0.29) is 5.75 Å². The largest absolute Gasteiger partial charge is 0.282 e. The molecule has 1 aromatic heterocycles. The monoisotopic (exact) mass is 276 g/mol. The van der Waals surface area contributed by atoms with Crippen molar-refractivity contribution in [2.75, 3.05) is 10.5 Å². The van der Waals surface area contributed by atoms with Crippen LogP contribution in [0.15, 0.2) is 48.8 Å². The van der Waals surface area contributed by atoms with Gasteiger partial charge in [0.25, 0.3) is 0 Å². The number of anilines is 1. The van der Waals surface area contributed by atoms with Crippen molar-refractivity contribution in [2.45, 2.75) is 13.3 Å². The highest BCUT2D eigenvalue weighted by molar-refractivity contribution is 7.92. The number of benzene rings is 1. The molecule has 0 saturated carbocycles. The Bertz CT molecular complexity index is 640. The molecule has 0 aliphatic rings. The van der Waals surface area contributed by atoms with E-state index in [1.807, 2.05) is 37.3 Å². The van der Waals surface area contributed by atoms with Gasteiger partial charge in [-0.2, -0.15) is 0 Å². The average molecular weight is 276 g/mol. The Morgan fingerprint density at radius 2 is 1.84 bits per heavy atom. The minimum absolute atomic E-state index is 0.114. The zero-order chi connectivity index (χ0) is 13.7. The number of sulfonamides is 1. The van der Waals surface area contributed by atoms with Gasteiger partial charge in [0.15, 0.2) is 0 Å². The normalized spacial score (nSPS) is 11.2. The van der Waals surface area contributed by atoms with Crippen LogP contribution in [0.4, 0.5) is 5.69 Å². The summed E-state index contributed by atoms with van der Waals surface area (Å²) in [5, 5.41) is 0. The van der Waals surface area contributed by atoms with Gasteiger partial charge in [-0.05, 0) is 18.1 Å². The van der Waals surface area contributed by atoms with E-state index in [1.165, 1.54) is 6.20 Å². The van der Waals surface area contributed by atoms with Gasteiger partial charge in [-0.15, -0.1) is 0 Å². The second-order valence-electron chi connectivity index (χ2n) is 4.25. The van der Waals surface area contributed by atoms with Crippen LogP contribution in [0, 0.1) is 0 Å². The molecule has 19 heavy (non-hydrogen) atoms. The molecule has 0 amide bonds. The summed E-state index contributed by atoms with van der Waals surface area (Å²) in [4.78, 5) is 4.08. The molecule has 0 aliphatic carbocycles. The summed E-state index contributed by atoms with van der Waals surface area (Å²) in [7, 11) is -3.27. The number of pyridine rings is 1. The molecule has 0 saturated heterocycles. The first-order chi connectivity index (χ1) is 9.11.